The van der Waals surface area contributed by atoms with Crippen molar-refractivity contribution >= 4 is 0 Å². The minimum atomic E-state index is 0. The molecule has 0 radical (unpaired) electrons. The van der Waals surface area contributed by atoms with E-state index in [0.717, 1.165) is 26.2 Å². The second-order valence-electron chi connectivity index (χ2n) is 4.00. The zero-order chi connectivity index (χ0) is 15.4. The van der Waals surface area contributed by atoms with Crippen molar-refractivity contribution in [3.05, 3.63) is 6.15 Å². The molecule has 0 spiro atoms. The number of rotatable bonds is 0. The third kappa shape index (κ3) is 38.0. The standard InChI is InChI=1S/C12H26N2O4.3Cu.2HI.H2N.H2O/c1-5-15-9-10-17-7-3-14-4-8-18-12-11-16-6-2-13-1;;;;;;;/h13-14H,1-12H2;;;;2*1H;2*1H2/q;2*+1;+2;;;-1;. The topological polar surface area (TPSA) is 126 Å². The fourth-order valence-corrected chi connectivity index (χ4v) is 1.47. The van der Waals surface area contributed by atoms with E-state index in [4.69, 9.17) is 18.9 Å². The maximum atomic E-state index is 5.41. The van der Waals surface area contributed by atoms with E-state index < -0.39 is 0 Å². The Kier molecular flexibility index (Phi) is 57.4. The summed E-state index contributed by atoms with van der Waals surface area (Å²) >= 11 is 3.96. The molecule has 0 unspecified atom stereocenters. The summed E-state index contributed by atoms with van der Waals surface area (Å²) in [4.78, 5) is 0. The van der Waals surface area contributed by atoms with Gasteiger partial charge in [0.15, 0.2) is 0 Å². The predicted molar refractivity (Wildman–Crippen MR) is 80.7 cm³/mol. The molecular weight excluding hydrogens is 711 g/mol. The maximum absolute atomic E-state index is 5.41. The Labute approximate surface area is 201 Å². The smallest absolute Gasteiger partial charge is 0.693 e. The Morgan fingerprint density at radius 1 is 0.560 bits per heavy atom. The van der Waals surface area contributed by atoms with Crippen LogP contribution in [-0.4, -0.2) is 84.5 Å². The van der Waals surface area contributed by atoms with Crippen molar-refractivity contribution in [3.8, 4) is 0 Å². The van der Waals surface area contributed by atoms with E-state index in [1.165, 1.54) is 0 Å². The summed E-state index contributed by atoms with van der Waals surface area (Å²) in [6, 6.07) is 0. The molecule has 0 bridgehead atoms. The van der Waals surface area contributed by atoms with Gasteiger partial charge in [-0.3, -0.25) is 0 Å². The first kappa shape index (κ1) is 38.3. The van der Waals surface area contributed by atoms with Crippen LogP contribution in [0.3, 0.4) is 0 Å². The van der Waals surface area contributed by atoms with Gasteiger partial charge < -0.3 is 41.2 Å². The number of halogens is 2. The quantitative estimate of drug-likeness (QED) is 0.188. The van der Waals surface area contributed by atoms with E-state index >= 15 is 0 Å². The van der Waals surface area contributed by atoms with Gasteiger partial charge in [-0.15, -0.1) is 0 Å². The van der Waals surface area contributed by atoms with Gasteiger partial charge in [0.25, 0.3) is 0 Å². The molecule has 25 heavy (non-hydrogen) atoms. The van der Waals surface area contributed by atoms with Crippen LogP contribution in [0.2, 0.25) is 0 Å². The average Bonchev–Trinajstić information content (AvgIpc) is 2.48. The monoisotopic (exact) mass is 741 g/mol. The third-order valence-electron chi connectivity index (χ3n) is 2.44. The summed E-state index contributed by atoms with van der Waals surface area (Å²) in [5.74, 6) is 0. The van der Waals surface area contributed by atoms with Gasteiger partial charge in [-0.1, -0.05) is 0 Å². The van der Waals surface area contributed by atoms with Crippen molar-refractivity contribution in [2.75, 3.05) is 79.0 Å². The molecule has 0 aromatic heterocycles. The Hall–Kier alpha value is 2.70. The molecule has 1 heterocycles. The van der Waals surface area contributed by atoms with Gasteiger partial charge in [-0.2, -0.15) is 0 Å². The molecule has 1 aliphatic heterocycles. The molecule has 8 nitrogen and oxygen atoms in total. The first-order chi connectivity index (χ1) is 10.4. The van der Waals surface area contributed by atoms with Crippen molar-refractivity contribution in [3.63, 3.8) is 0 Å². The SMILES string of the molecule is C1COCCOCCNCCOCCOCCN1.O.[Cu+].[Cu+].[IH+][Cu][IH+].[NH2-]. The molecule has 0 aromatic rings. The van der Waals surface area contributed by atoms with Gasteiger partial charge in [0.2, 0.25) is 0 Å². The molecule has 0 atom stereocenters. The molecule has 0 amide bonds. The van der Waals surface area contributed by atoms with Gasteiger partial charge >= 0.3 is 83.3 Å². The number of nitrogens with two attached hydrogens (primary N) is 1. The van der Waals surface area contributed by atoms with Crippen molar-refractivity contribution in [2.45, 2.75) is 0 Å². The number of hydrogen-bond donors (Lipinski definition) is 2. The Bertz CT molecular complexity index is 136. The van der Waals surface area contributed by atoms with E-state index in [0.29, 0.717) is 52.9 Å². The normalized spacial score (nSPS) is 18.2. The zero-order valence-electron chi connectivity index (χ0n) is 13.9. The van der Waals surface area contributed by atoms with Crippen molar-refractivity contribution < 1.29 is 108 Å². The van der Waals surface area contributed by atoms with Gasteiger partial charge in [0.1, 0.15) is 0 Å². The fourth-order valence-electron chi connectivity index (χ4n) is 1.47. The number of hydrogen-bond acceptors (Lipinski definition) is 6. The average molecular weight is 743 g/mol. The molecule has 1 saturated heterocycles. The van der Waals surface area contributed by atoms with Gasteiger partial charge in [0, 0.05) is 26.2 Å². The minimum Gasteiger partial charge on any atom is -0.693 e. The molecular formula is C12H32Cu3I2N3O5+3. The van der Waals surface area contributed by atoms with Crippen LogP contribution < -0.4 is 51.3 Å². The van der Waals surface area contributed by atoms with Crippen LogP contribution in [0.25, 0.3) is 6.15 Å². The van der Waals surface area contributed by atoms with Crippen molar-refractivity contribution in [1.29, 1.82) is 0 Å². The summed E-state index contributed by atoms with van der Waals surface area (Å²) in [7, 11) is 1.83. The van der Waals surface area contributed by atoms with Crippen molar-refractivity contribution in [2.24, 2.45) is 0 Å². The zero-order valence-corrected chi connectivity index (χ0v) is 21.4. The molecule has 1 rings (SSSR count). The summed E-state index contributed by atoms with van der Waals surface area (Å²) in [6.07, 6.45) is 0. The van der Waals surface area contributed by atoms with Crippen LogP contribution in [0.4, 0.5) is 0 Å². The third-order valence-corrected chi connectivity index (χ3v) is 2.44. The predicted octanol–water partition coefficient (Wildman–Crippen LogP) is -7.40. The molecule has 1 fully saturated rings. The van der Waals surface area contributed by atoms with Crippen LogP contribution in [0.5, 0.6) is 0 Å². The fraction of sp³-hybridized carbons (Fsp3) is 1.00. The van der Waals surface area contributed by atoms with Crippen LogP contribution >= 0.6 is 0 Å². The maximum Gasteiger partial charge on any atom is -0.693 e. The summed E-state index contributed by atoms with van der Waals surface area (Å²) in [5, 5.41) is 6.50. The van der Waals surface area contributed by atoms with E-state index in [1.54, 1.807) is 0 Å². The van der Waals surface area contributed by atoms with Crippen LogP contribution in [0.1, 0.15) is 0 Å². The Balaban J connectivity index is -0.000000177. The number of ether oxygens (including phenoxy) is 4. The first-order valence-corrected chi connectivity index (χ1v) is 13.5. The Morgan fingerprint density at radius 3 is 0.960 bits per heavy atom. The minimum absolute atomic E-state index is 0. The Morgan fingerprint density at radius 2 is 0.760 bits per heavy atom. The summed E-state index contributed by atoms with van der Waals surface area (Å²) < 4.78 is 21.6. The van der Waals surface area contributed by atoms with Gasteiger partial charge in [0.05, 0.1) is 52.9 Å². The van der Waals surface area contributed by atoms with E-state index in [2.05, 4.69) is 10.6 Å². The molecule has 169 valence electrons. The van der Waals surface area contributed by atoms with E-state index in [-0.39, 0.29) is 45.8 Å². The van der Waals surface area contributed by atoms with Crippen molar-refractivity contribution in [1.82, 2.24) is 10.6 Å². The number of nitrogens with one attached hydrogen (secondary N) is 2. The molecule has 13 heteroatoms. The van der Waals surface area contributed by atoms with E-state index in [9.17, 15) is 0 Å². The largest absolute Gasteiger partial charge is 0.693 e. The second-order valence-corrected chi connectivity index (χ2v) is 13.3. The summed E-state index contributed by atoms with van der Waals surface area (Å²) in [5.41, 5.74) is 0. The van der Waals surface area contributed by atoms with E-state index in [1.807, 2.05) is 49.1 Å². The van der Waals surface area contributed by atoms with Crippen LogP contribution in [0, 0.1) is 0 Å². The molecule has 1 aliphatic rings. The van der Waals surface area contributed by atoms with Crippen LogP contribution in [0.15, 0.2) is 0 Å². The van der Waals surface area contributed by atoms with Gasteiger partial charge in [-0.25, -0.2) is 0 Å². The first-order valence-electron chi connectivity index (χ1n) is 6.97. The molecule has 0 aliphatic carbocycles. The second kappa shape index (κ2) is 37.4. The molecule has 6 N–H and O–H groups in total. The molecule has 0 saturated carbocycles. The van der Waals surface area contributed by atoms with Crippen LogP contribution in [-0.2, 0) is 61.5 Å². The van der Waals surface area contributed by atoms with Gasteiger partial charge in [-0.05, 0) is 0 Å². The molecule has 0 aromatic carbocycles. The summed E-state index contributed by atoms with van der Waals surface area (Å²) in [6.45, 7) is 8.86.